The van der Waals surface area contributed by atoms with Gasteiger partial charge >= 0.3 is 0 Å². The monoisotopic (exact) mass is 396 g/mol. The molecule has 30 heavy (non-hydrogen) atoms. The van der Waals surface area contributed by atoms with E-state index in [9.17, 15) is 0 Å². The zero-order valence-corrected chi connectivity index (χ0v) is 15.9. The molecule has 7 nitrogen and oxygen atoms in total. The van der Waals surface area contributed by atoms with E-state index in [-0.39, 0.29) is 0 Å². The Kier molecular flexibility index (Phi) is 3.77. The third kappa shape index (κ3) is 2.71. The maximum absolute atomic E-state index is 5.67. The van der Waals surface area contributed by atoms with Gasteiger partial charge in [0.1, 0.15) is 25.2 Å². The van der Waals surface area contributed by atoms with Crippen LogP contribution in [0.4, 0.5) is 0 Å². The molecule has 2 aromatic carbocycles. The van der Waals surface area contributed by atoms with Gasteiger partial charge in [-0.05, 0) is 29.7 Å². The Morgan fingerprint density at radius 1 is 0.833 bits per heavy atom. The van der Waals surface area contributed by atoms with Crippen LogP contribution in [0, 0.1) is 0 Å². The molecule has 1 aliphatic heterocycles. The molecule has 0 amide bonds. The number of ether oxygens (including phenoxy) is 2. The van der Waals surface area contributed by atoms with E-state index in [0.717, 1.165) is 22.0 Å². The summed E-state index contributed by atoms with van der Waals surface area (Å²) in [5, 5.41) is 6.99. The second-order valence-electron chi connectivity index (χ2n) is 6.88. The third-order valence-corrected chi connectivity index (χ3v) is 5.02. The van der Waals surface area contributed by atoms with Crippen molar-refractivity contribution in [3.8, 4) is 40.2 Å². The van der Waals surface area contributed by atoms with E-state index in [0.29, 0.717) is 42.2 Å². The molecule has 0 radical (unpaired) electrons. The Hall–Kier alpha value is -4.13. The summed E-state index contributed by atoms with van der Waals surface area (Å²) >= 11 is 0. The van der Waals surface area contributed by atoms with Crippen LogP contribution in [0.5, 0.6) is 11.6 Å². The molecule has 3 aromatic heterocycles. The molecule has 146 valence electrons. The quantitative estimate of drug-likeness (QED) is 0.447. The fourth-order valence-corrected chi connectivity index (χ4v) is 3.61. The molecular weight excluding hydrogens is 380 g/mol. The Balaban J connectivity index is 1.59. The summed E-state index contributed by atoms with van der Waals surface area (Å²) in [7, 11) is 0. The number of fused-ring (bicyclic) bond motifs is 2. The van der Waals surface area contributed by atoms with Crippen LogP contribution < -0.4 is 9.47 Å². The molecule has 0 saturated heterocycles. The van der Waals surface area contributed by atoms with Gasteiger partial charge in [0.15, 0.2) is 17.4 Å². The number of benzene rings is 2. The summed E-state index contributed by atoms with van der Waals surface area (Å²) in [6.07, 6.45) is 3.24. The average Bonchev–Trinajstić information content (AvgIpc) is 3.48. The second-order valence-corrected chi connectivity index (χ2v) is 6.88. The summed E-state index contributed by atoms with van der Waals surface area (Å²) in [6, 6.07) is 19.9. The van der Waals surface area contributed by atoms with Crippen LogP contribution in [0.25, 0.3) is 39.4 Å². The van der Waals surface area contributed by atoms with Crippen LogP contribution >= 0.6 is 0 Å². The van der Waals surface area contributed by atoms with E-state index in [1.807, 2.05) is 47.1 Å². The molecule has 0 atom stereocenters. The number of hydrogen-bond acceptors (Lipinski definition) is 6. The summed E-state index contributed by atoms with van der Waals surface area (Å²) in [5.41, 5.74) is 2.37. The van der Waals surface area contributed by atoms with Crippen LogP contribution in [0.15, 0.2) is 77.6 Å². The van der Waals surface area contributed by atoms with Crippen molar-refractivity contribution in [3.63, 3.8) is 0 Å². The fourth-order valence-electron chi connectivity index (χ4n) is 3.61. The highest BCUT2D eigenvalue weighted by Crippen LogP contribution is 2.33. The first-order valence-electron chi connectivity index (χ1n) is 9.61. The largest absolute Gasteiger partial charge is 0.484 e. The number of nitrogens with zero attached hydrogens (tertiary/aromatic N) is 4. The molecule has 7 heteroatoms. The van der Waals surface area contributed by atoms with Gasteiger partial charge in [0.05, 0.1) is 17.5 Å². The van der Waals surface area contributed by atoms with E-state index in [1.165, 1.54) is 0 Å². The first-order valence-corrected chi connectivity index (χ1v) is 9.61. The van der Waals surface area contributed by atoms with Crippen molar-refractivity contribution in [2.45, 2.75) is 0 Å². The molecular formula is C23H16N4O3. The molecule has 0 N–H and O–H groups in total. The van der Waals surface area contributed by atoms with Gasteiger partial charge < -0.3 is 13.9 Å². The maximum Gasteiger partial charge on any atom is 0.257 e. The zero-order valence-electron chi connectivity index (χ0n) is 15.9. The van der Waals surface area contributed by atoms with Gasteiger partial charge in [0.25, 0.3) is 5.88 Å². The minimum absolute atomic E-state index is 0.469. The molecule has 0 bridgehead atoms. The van der Waals surface area contributed by atoms with E-state index >= 15 is 0 Å². The van der Waals surface area contributed by atoms with Crippen LogP contribution in [0.3, 0.4) is 0 Å². The molecule has 6 rings (SSSR count). The van der Waals surface area contributed by atoms with Crippen molar-refractivity contribution in [2.24, 2.45) is 0 Å². The number of hydrogen-bond donors (Lipinski definition) is 0. The standard InChI is InChI=1S/C23H16N4O3/c1-2-6-17-15(4-1)5-3-7-19(17)27-22(25-21(26-27)16-10-11-28-14-16)18-8-9-20-23(24-18)30-13-12-29-20/h1-11,14H,12-13H2. The summed E-state index contributed by atoms with van der Waals surface area (Å²) in [5.74, 6) is 2.27. The van der Waals surface area contributed by atoms with Crippen molar-refractivity contribution < 1.29 is 13.9 Å². The molecule has 1 aliphatic rings. The highest BCUT2D eigenvalue weighted by molar-refractivity contribution is 5.90. The number of furan rings is 1. The van der Waals surface area contributed by atoms with Crippen molar-refractivity contribution in [1.29, 1.82) is 0 Å². The normalized spacial score (nSPS) is 12.9. The first-order chi connectivity index (χ1) is 14.9. The van der Waals surface area contributed by atoms with Gasteiger partial charge in [-0.3, -0.25) is 0 Å². The smallest absolute Gasteiger partial charge is 0.257 e. The highest BCUT2D eigenvalue weighted by atomic mass is 16.6. The fraction of sp³-hybridized carbons (Fsp3) is 0.0870. The lowest BCUT2D eigenvalue weighted by molar-refractivity contribution is 0.164. The maximum atomic E-state index is 5.67. The minimum Gasteiger partial charge on any atom is -0.484 e. The van der Waals surface area contributed by atoms with E-state index in [1.54, 1.807) is 12.5 Å². The van der Waals surface area contributed by atoms with Crippen molar-refractivity contribution in [3.05, 3.63) is 73.2 Å². The summed E-state index contributed by atoms with van der Waals surface area (Å²) in [4.78, 5) is 9.44. The minimum atomic E-state index is 0.469. The third-order valence-electron chi connectivity index (χ3n) is 5.02. The number of rotatable bonds is 3. The van der Waals surface area contributed by atoms with Crippen molar-refractivity contribution >= 4 is 10.8 Å². The summed E-state index contributed by atoms with van der Waals surface area (Å²) < 4.78 is 18.3. The van der Waals surface area contributed by atoms with E-state index in [4.69, 9.17) is 24.0 Å². The van der Waals surface area contributed by atoms with Gasteiger partial charge in [-0.15, -0.1) is 5.10 Å². The van der Waals surface area contributed by atoms with Crippen LogP contribution in [0.1, 0.15) is 0 Å². The lowest BCUT2D eigenvalue weighted by Crippen LogP contribution is -2.16. The Morgan fingerprint density at radius 2 is 1.73 bits per heavy atom. The molecule has 0 unspecified atom stereocenters. The molecule has 0 saturated carbocycles. The molecule has 0 spiro atoms. The predicted octanol–water partition coefficient (Wildman–Crippen LogP) is 4.51. The van der Waals surface area contributed by atoms with Gasteiger partial charge in [0, 0.05) is 5.39 Å². The molecule has 5 aromatic rings. The molecule has 4 heterocycles. The van der Waals surface area contributed by atoms with Crippen LogP contribution in [-0.2, 0) is 0 Å². The summed E-state index contributed by atoms with van der Waals surface area (Å²) in [6.45, 7) is 0.991. The van der Waals surface area contributed by atoms with Gasteiger partial charge in [-0.2, -0.15) is 0 Å². The number of pyridine rings is 1. The second kappa shape index (κ2) is 6.73. The predicted molar refractivity (Wildman–Crippen MR) is 111 cm³/mol. The molecule has 0 fully saturated rings. The van der Waals surface area contributed by atoms with Crippen molar-refractivity contribution in [2.75, 3.05) is 13.2 Å². The first kappa shape index (κ1) is 16.8. The molecule has 0 aliphatic carbocycles. The Bertz CT molecular complexity index is 1350. The lowest BCUT2D eigenvalue weighted by atomic mass is 10.1. The topological polar surface area (TPSA) is 75.2 Å². The van der Waals surface area contributed by atoms with Gasteiger partial charge in [-0.1, -0.05) is 36.4 Å². The zero-order chi connectivity index (χ0) is 19.9. The Morgan fingerprint density at radius 3 is 2.67 bits per heavy atom. The van der Waals surface area contributed by atoms with Gasteiger partial charge in [0.2, 0.25) is 0 Å². The highest BCUT2D eigenvalue weighted by Gasteiger charge is 2.21. The van der Waals surface area contributed by atoms with E-state index < -0.39 is 0 Å². The van der Waals surface area contributed by atoms with Crippen molar-refractivity contribution in [1.82, 2.24) is 19.7 Å². The van der Waals surface area contributed by atoms with Crippen LogP contribution in [0.2, 0.25) is 0 Å². The SMILES string of the molecule is c1ccc2c(-n3nc(-c4ccoc4)nc3-c3ccc4c(n3)OCCO4)cccc2c1. The van der Waals surface area contributed by atoms with Gasteiger partial charge in [-0.25, -0.2) is 14.6 Å². The lowest BCUT2D eigenvalue weighted by Gasteiger charge is -2.17. The van der Waals surface area contributed by atoms with Crippen LogP contribution in [-0.4, -0.2) is 33.0 Å². The average molecular weight is 396 g/mol. The Labute approximate surface area is 171 Å². The van der Waals surface area contributed by atoms with E-state index in [2.05, 4.69) is 23.2 Å². The number of aromatic nitrogens is 4.